The Morgan fingerprint density at radius 3 is 2.42 bits per heavy atom. The summed E-state index contributed by atoms with van der Waals surface area (Å²) in [4.78, 5) is 25.8. The molecular formula is C22H27N3O5S. The highest BCUT2D eigenvalue weighted by Gasteiger charge is 2.23. The quantitative estimate of drug-likeness (QED) is 0.682. The van der Waals surface area contributed by atoms with Crippen LogP contribution in [0.1, 0.15) is 25.8 Å². The SMILES string of the molecule is COCC(=O)N1CCCc2cc(NS(=O)(=O)c3ccc(NC(=O)C(C)C)cc3)ccc21. The Morgan fingerprint density at radius 2 is 1.77 bits per heavy atom. The number of anilines is 3. The minimum atomic E-state index is -3.80. The molecule has 0 saturated heterocycles. The molecule has 0 aromatic heterocycles. The Labute approximate surface area is 182 Å². The number of amides is 2. The van der Waals surface area contributed by atoms with Gasteiger partial charge in [0.2, 0.25) is 5.91 Å². The van der Waals surface area contributed by atoms with Crippen LogP contribution in [-0.4, -0.2) is 40.5 Å². The van der Waals surface area contributed by atoms with E-state index in [1.165, 1.54) is 19.2 Å². The molecule has 3 rings (SSSR count). The first kappa shape index (κ1) is 22.8. The number of methoxy groups -OCH3 is 1. The Morgan fingerprint density at radius 1 is 1.10 bits per heavy atom. The van der Waals surface area contributed by atoms with Crippen LogP contribution >= 0.6 is 0 Å². The number of ether oxygens (including phenoxy) is 1. The fraction of sp³-hybridized carbons (Fsp3) is 0.364. The van der Waals surface area contributed by atoms with Gasteiger partial charge in [-0.3, -0.25) is 14.3 Å². The molecule has 0 aliphatic carbocycles. The molecule has 0 bridgehead atoms. The van der Waals surface area contributed by atoms with Gasteiger partial charge in [-0.05, 0) is 60.9 Å². The molecule has 31 heavy (non-hydrogen) atoms. The third kappa shape index (κ3) is 5.42. The number of nitrogens with one attached hydrogen (secondary N) is 2. The van der Waals surface area contributed by atoms with Gasteiger partial charge in [0.05, 0.1) is 4.90 Å². The van der Waals surface area contributed by atoms with Crippen molar-refractivity contribution in [2.75, 3.05) is 35.2 Å². The highest BCUT2D eigenvalue weighted by atomic mass is 32.2. The number of carbonyl (C=O) groups is 2. The van der Waals surface area contributed by atoms with Gasteiger partial charge in [-0.2, -0.15) is 0 Å². The molecular weight excluding hydrogens is 418 g/mol. The summed E-state index contributed by atoms with van der Waals surface area (Å²) in [7, 11) is -2.33. The number of nitrogens with zero attached hydrogens (tertiary/aromatic N) is 1. The molecule has 1 aliphatic rings. The molecule has 8 nitrogen and oxygen atoms in total. The van der Waals surface area contributed by atoms with E-state index in [-0.39, 0.29) is 29.2 Å². The zero-order chi connectivity index (χ0) is 22.6. The van der Waals surface area contributed by atoms with Crippen molar-refractivity contribution < 1.29 is 22.7 Å². The monoisotopic (exact) mass is 445 g/mol. The lowest BCUT2D eigenvalue weighted by Gasteiger charge is -2.29. The minimum Gasteiger partial charge on any atom is -0.375 e. The lowest BCUT2D eigenvalue weighted by molar-refractivity contribution is -0.122. The average molecular weight is 446 g/mol. The van der Waals surface area contributed by atoms with Crippen LogP contribution < -0.4 is 14.9 Å². The van der Waals surface area contributed by atoms with E-state index in [2.05, 4.69) is 10.0 Å². The third-order valence-electron chi connectivity index (χ3n) is 4.98. The first-order chi connectivity index (χ1) is 14.7. The van der Waals surface area contributed by atoms with Crippen LogP contribution in [0.2, 0.25) is 0 Å². The zero-order valence-electron chi connectivity index (χ0n) is 17.8. The van der Waals surface area contributed by atoms with Gasteiger partial charge in [-0.25, -0.2) is 8.42 Å². The second kappa shape index (κ2) is 9.49. The molecule has 0 spiro atoms. The van der Waals surface area contributed by atoms with Crippen molar-refractivity contribution in [3.05, 3.63) is 48.0 Å². The van der Waals surface area contributed by atoms with Crippen molar-refractivity contribution in [3.8, 4) is 0 Å². The van der Waals surface area contributed by atoms with E-state index < -0.39 is 10.0 Å². The maximum atomic E-state index is 12.8. The van der Waals surface area contributed by atoms with Gasteiger partial charge in [0, 0.05) is 36.6 Å². The molecule has 0 unspecified atom stereocenters. The molecule has 9 heteroatoms. The highest BCUT2D eigenvalue weighted by molar-refractivity contribution is 7.92. The second-order valence-electron chi connectivity index (χ2n) is 7.70. The third-order valence-corrected chi connectivity index (χ3v) is 6.37. The first-order valence-electron chi connectivity index (χ1n) is 10.1. The second-order valence-corrected chi connectivity index (χ2v) is 9.38. The number of sulfonamides is 1. The lowest BCUT2D eigenvalue weighted by atomic mass is 10.0. The number of fused-ring (bicyclic) bond motifs is 1. The van der Waals surface area contributed by atoms with Crippen molar-refractivity contribution in [1.29, 1.82) is 0 Å². The maximum absolute atomic E-state index is 12.8. The van der Waals surface area contributed by atoms with Crippen molar-refractivity contribution in [2.24, 2.45) is 5.92 Å². The van der Waals surface area contributed by atoms with E-state index in [4.69, 9.17) is 4.74 Å². The van der Waals surface area contributed by atoms with E-state index in [1.54, 1.807) is 49.1 Å². The van der Waals surface area contributed by atoms with Gasteiger partial charge in [0.15, 0.2) is 0 Å². The van der Waals surface area contributed by atoms with Gasteiger partial charge in [-0.1, -0.05) is 13.8 Å². The van der Waals surface area contributed by atoms with E-state index >= 15 is 0 Å². The molecule has 0 fully saturated rings. The molecule has 2 N–H and O–H groups in total. The summed E-state index contributed by atoms with van der Waals surface area (Å²) in [5.74, 6) is -0.433. The smallest absolute Gasteiger partial charge is 0.261 e. The Hall–Kier alpha value is -2.91. The van der Waals surface area contributed by atoms with Gasteiger partial charge in [0.25, 0.3) is 15.9 Å². The van der Waals surface area contributed by atoms with Crippen LogP contribution in [0.5, 0.6) is 0 Å². The normalized spacial score (nSPS) is 13.6. The first-order valence-corrected chi connectivity index (χ1v) is 11.6. The molecule has 0 saturated carbocycles. The fourth-order valence-corrected chi connectivity index (χ4v) is 4.39. The predicted octanol–water partition coefficient (Wildman–Crippen LogP) is 3.01. The summed E-state index contributed by atoms with van der Waals surface area (Å²) in [5, 5.41) is 2.73. The van der Waals surface area contributed by atoms with Crippen LogP contribution in [0.25, 0.3) is 0 Å². The summed E-state index contributed by atoms with van der Waals surface area (Å²) in [5.41, 5.74) is 2.65. The average Bonchev–Trinajstić information content (AvgIpc) is 2.73. The molecule has 166 valence electrons. The predicted molar refractivity (Wildman–Crippen MR) is 120 cm³/mol. The fourth-order valence-electron chi connectivity index (χ4n) is 3.34. The maximum Gasteiger partial charge on any atom is 0.261 e. The van der Waals surface area contributed by atoms with E-state index in [1.807, 2.05) is 0 Å². The number of rotatable bonds is 7. The van der Waals surface area contributed by atoms with Crippen molar-refractivity contribution >= 4 is 38.9 Å². The van der Waals surface area contributed by atoms with E-state index in [0.717, 1.165) is 24.1 Å². The molecule has 2 amide bonds. The van der Waals surface area contributed by atoms with Crippen molar-refractivity contribution in [3.63, 3.8) is 0 Å². The zero-order valence-corrected chi connectivity index (χ0v) is 18.7. The summed E-state index contributed by atoms with van der Waals surface area (Å²) in [6.45, 7) is 4.17. The Bertz CT molecular complexity index is 1070. The van der Waals surface area contributed by atoms with E-state index in [9.17, 15) is 18.0 Å². The topological polar surface area (TPSA) is 105 Å². The number of hydrogen-bond acceptors (Lipinski definition) is 5. The van der Waals surface area contributed by atoms with E-state index in [0.29, 0.717) is 17.9 Å². The number of carbonyl (C=O) groups excluding carboxylic acids is 2. The van der Waals surface area contributed by atoms with Crippen LogP contribution in [0.3, 0.4) is 0 Å². The molecule has 0 atom stereocenters. The molecule has 1 heterocycles. The largest absolute Gasteiger partial charge is 0.375 e. The minimum absolute atomic E-state index is 0.00143. The molecule has 2 aromatic carbocycles. The summed E-state index contributed by atoms with van der Waals surface area (Å²) in [6.07, 6.45) is 1.55. The summed E-state index contributed by atoms with van der Waals surface area (Å²) >= 11 is 0. The van der Waals surface area contributed by atoms with Crippen LogP contribution in [0, 0.1) is 5.92 Å². The molecule has 1 aliphatic heterocycles. The molecule has 0 radical (unpaired) electrons. The number of benzene rings is 2. The number of aryl methyl sites for hydroxylation is 1. The van der Waals surface area contributed by atoms with Crippen molar-refractivity contribution in [2.45, 2.75) is 31.6 Å². The van der Waals surface area contributed by atoms with Gasteiger partial charge < -0.3 is 15.0 Å². The van der Waals surface area contributed by atoms with Crippen LogP contribution in [-0.2, 0) is 30.8 Å². The Balaban J connectivity index is 1.76. The van der Waals surface area contributed by atoms with Crippen molar-refractivity contribution in [1.82, 2.24) is 0 Å². The lowest BCUT2D eigenvalue weighted by Crippen LogP contribution is -2.37. The molecule has 2 aromatic rings. The standard InChI is InChI=1S/C22H27N3O5S/c1-15(2)22(27)23-17-6-9-19(10-7-17)31(28,29)24-18-8-11-20-16(13-18)5-4-12-25(20)21(26)14-30-3/h6-11,13,15,24H,4-5,12,14H2,1-3H3,(H,23,27). The van der Waals surface area contributed by atoms with Gasteiger partial charge >= 0.3 is 0 Å². The summed E-state index contributed by atoms with van der Waals surface area (Å²) in [6, 6.07) is 11.2. The highest BCUT2D eigenvalue weighted by Crippen LogP contribution is 2.30. The van der Waals surface area contributed by atoms with Crippen LogP contribution in [0.4, 0.5) is 17.1 Å². The number of hydrogen-bond donors (Lipinski definition) is 2. The van der Waals surface area contributed by atoms with Crippen LogP contribution in [0.15, 0.2) is 47.4 Å². The summed E-state index contributed by atoms with van der Waals surface area (Å²) < 4.78 is 33.1. The Kier molecular flexibility index (Phi) is 6.97. The van der Waals surface area contributed by atoms with Gasteiger partial charge in [-0.15, -0.1) is 0 Å². The van der Waals surface area contributed by atoms with Gasteiger partial charge in [0.1, 0.15) is 6.61 Å².